The van der Waals surface area contributed by atoms with Crippen LogP contribution in [0.25, 0.3) is 0 Å². The number of likely N-dealkylation sites (N-methyl/N-ethyl adjacent to an activating group) is 1. The molecule has 1 aliphatic rings. The number of phenolic OH excluding ortho intramolecular Hbond substituents is 1. The van der Waals surface area contributed by atoms with Crippen LogP contribution >= 0.6 is 12.4 Å². The second-order valence-corrected chi connectivity index (χ2v) is 9.94. The van der Waals surface area contributed by atoms with Crippen molar-refractivity contribution in [2.75, 3.05) is 40.3 Å². The van der Waals surface area contributed by atoms with Crippen molar-refractivity contribution < 1.29 is 15.0 Å². The highest BCUT2D eigenvalue weighted by atomic mass is 35.5. The lowest BCUT2D eigenvalue weighted by molar-refractivity contribution is -0.128. The maximum Gasteiger partial charge on any atom is 0.236 e. The molecular formula is C27H40ClN3O3. The Kier molecular flexibility index (Phi) is 10.4. The number of phenols is 1. The number of likely N-dealkylation sites (tertiary alicyclic amines) is 1. The molecule has 1 amide bonds. The summed E-state index contributed by atoms with van der Waals surface area (Å²) in [7, 11) is 3.44. The van der Waals surface area contributed by atoms with Crippen molar-refractivity contribution in [3.63, 3.8) is 0 Å². The molecule has 0 aliphatic carbocycles. The van der Waals surface area contributed by atoms with Gasteiger partial charge in [-0.25, -0.2) is 0 Å². The van der Waals surface area contributed by atoms with Gasteiger partial charge in [-0.2, -0.15) is 0 Å². The fourth-order valence-corrected chi connectivity index (χ4v) is 4.81. The van der Waals surface area contributed by atoms with E-state index in [0.29, 0.717) is 11.7 Å². The molecule has 0 aromatic heterocycles. The third-order valence-corrected chi connectivity index (χ3v) is 7.31. The first kappa shape index (κ1) is 28.1. The third-order valence-electron chi connectivity index (χ3n) is 7.31. The van der Waals surface area contributed by atoms with Crippen LogP contribution in [0.15, 0.2) is 54.6 Å². The molecule has 0 radical (unpaired) electrons. The highest BCUT2D eigenvalue weighted by Gasteiger charge is 2.39. The maximum atomic E-state index is 12.0. The number of nitrogens with zero attached hydrogens (tertiary/aromatic N) is 2. The van der Waals surface area contributed by atoms with Gasteiger partial charge in [-0.05, 0) is 54.0 Å². The van der Waals surface area contributed by atoms with Gasteiger partial charge in [0, 0.05) is 33.1 Å². The van der Waals surface area contributed by atoms with Gasteiger partial charge < -0.3 is 20.0 Å². The van der Waals surface area contributed by atoms with Crippen LogP contribution in [-0.2, 0) is 16.6 Å². The zero-order valence-electron chi connectivity index (χ0n) is 20.8. The third kappa shape index (κ3) is 7.19. The number of rotatable bonds is 9. The van der Waals surface area contributed by atoms with Gasteiger partial charge in [0.2, 0.25) is 5.91 Å². The summed E-state index contributed by atoms with van der Waals surface area (Å²) < 4.78 is 0. The van der Waals surface area contributed by atoms with Crippen molar-refractivity contribution in [2.45, 2.75) is 38.3 Å². The second-order valence-electron chi connectivity index (χ2n) is 9.94. The lowest BCUT2D eigenvalue weighted by Gasteiger charge is -2.46. The van der Waals surface area contributed by atoms with Crippen molar-refractivity contribution in [2.24, 2.45) is 11.8 Å². The zero-order chi connectivity index (χ0) is 24.0. The molecule has 1 fully saturated rings. The zero-order valence-corrected chi connectivity index (χ0v) is 21.6. The second kappa shape index (κ2) is 12.5. The number of piperidine rings is 1. The SMILES string of the molecule is CC1CN(CC(Cc2ccccc2)C(O)NCC(=O)N(C)C)CCC1(C)c1cccc(O)c1.Cl. The summed E-state index contributed by atoms with van der Waals surface area (Å²) in [5.41, 5.74) is 2.36. The van der Waals surface area contributed by atoms with E-state index in [1.807, 2.05) is 30.3 Å². The highest BCUT2D eigenvalue weighted by molar-refractivity contribution is 5.85. The van der Waals surface area contributed by atoms with Gasteiger partial charge in [0.05, 0.1) is 6.54 Å². The Hall–Kier alpha value is -2.12. The predicted octanol–water partition coefficient (Wildman–Crippen LogP) is 3.27. The van der Waals surface area contributed by atoms with E-state index in [9.17, 15) is 15.0 Å². The van der Waals surface area contributed by atoms with E-state index in [-0.39, 0.29) is 36.2 Å². The van der Waals surface area contributed by atoms with Crippen LogP contribution in [0.2, 0.25) is 0 Å². The average molecular weight is 490 g/mol. The van der Waals surface area contributed by atoms with E-state index in [2.05, 4.69) is 42.3 Å². The molecule has 34 heavy (non-hydrogen) atoms. The lowest BCUT2D eigenvalue weighted by Crippen LogP contribution is -2.51. The van der Waals surface area contributed by atoms with Gasteiger partial charge >= 0.3 is 0 Å². The summed E-state index contributed by atoms with van der Waals surface area (Å²) in [6.45, 7) is 7.26. The summed E-state index contributed by atoms with van der Waals surface area (Å²) in [6, 6.07) is 17.8. The van der Waals surface area contributed by atoms with E-state index < -0.39 is 6.23 Å². The first-order valence-electron chi connectivity index (χ1n) is 11.9. The number of nitrogens with one attached hydrogen (secondary N) is 1. The number of amides is 1. The van der Waals surface area contributed by atoms with E-state index in [4.69, 9.17) is 0 Å². The Labute approximate surface area is 210 Å². The van der Waals surface area contributed by atoms with Crippen molar-refractivity contribution >= 4 is 18.3 Å². The van der Waals surface area contributed by atoms with Crippen molar-refractivity contribution in [3.05, 3.63) is 65.7 Å². The van der Waals surface area contributed by atoms with E-state index >= 15 is 0 Å². The van der Waals surface area contributed by atoms with Crippen LogP contribution in [0.1, 0.15) is 31.4 Å². The number of hydrogen-bond donors (Lipinski definition) is 3. The molecule has 1 saturated heterocycles. The van der Waals surface area contributed by atoms with Crippen LogP contribution in [-0.4, -0.2) is 72.4 Å². The topological polar surface area (TPSA) is 76.0 Å². The van der Waals surface area contributed by atoms with Gasteiger partial charge in [-0.15, -0.1) is 12.4 Å². The maximum absolute atomic E-state index is 12.0. The molecule has 4 atom stereocenters. The molecule has 1 heterocycles. The average Bonchev–Trinajstić information content (AvgIpc) is 2.79. The lowest BCUT2D eigenvalue weighted by atomic mass is 9.68. The molecule has 7 heteroatoms. The molecule has 1 aliphatic heterocycles. The molecule has 2 aromatic carbocycles. The van der Waals surface area contributed by atoms with Crippen LogP contribution in [0, 0.1) is 11.8 Å². The normalized spacial score (nSPS) is 22.4. The van der Waals surface area contributed by atoms with Gasteiger partial charge in [-0.3, -0.25) is 10.1 Å². The molecule has 6 nitrogen and oxygen atoms in total. The summed E-state index contributed by atoms with van der Waals surface area (Å²) in [6.07, 6.45) is 0.946. The quantitative estimate of drug-likeness (QED) is 0.471. The number of aliphatic hydroxyl groups excluding tert-OH is 1. The molecule has 3 rings (SSSR count). The van der Waals surface area contributed by atoms with Gasteiger partial charge in [0.1, 0.15) is 12.0 Å². The molecule has 0 saturated carbocycles. The Balaban J connectivity index is 0.00000408. The highest BCUT2D eigenvalue weighted by Crippen LogP contribution is 2.40. The van der Waals surface area contributed by atoms with Gasteiger partial charge in [0.25, 0.3) is 0 Å². The standard InChI is InChI=1S/C27H39N3O3.ClH/c1-20-18-30(14-13-27(20,2)23-11-8-12-24(31)16-23)19-22(15-21-9-6-5-7-10-21)26(33)28-17-25(32)29(3)4;/h5-12,16,20,22,26,28,31,33H,13-15,17-19H2,1-4H3;1H. The Bertz CT molecular complexity index is 911. The molecule has 2 aromatic rings. The largest absolute Gasteiger partial charge is 0.508 e. The van der Waals surface area contributed by atoms with Crippen molar-refractivity contribution in [3.8, 4) is 5.75 Å². The number of aliphatic hydroxyl groups is 1. The van der Waals surface area contributed by atoms with Crippen molar-refractivity contribution in [1.82, 2.24) is 15.1 Å². The van der Waals surface area contributed by atoms with Crippen LogP contribution in [0.3, 0.4) is 0 Å². The van der Waals surface area contributed by atoms with Crippen molar-refractivity contribution in [1.29, 1.82) is 0 Å². The van der Waals surface area contributed by atoms with Crippen LogP contribution in [0.4, 0.5) is 0 Å². The number of aromatic hydroxyl groups is 1. The van der Waals surface area contributed by atoms with Crippen LogP contribution in [0.5, 0.6) is 5.75 Å². The summed E-state index contributed by atoms with van der Waals surface area (Å²) in [5, 5.41) is 24.0. The molecule has 0 spiro atoms. The summed E-state index contributed by atoms with van der Waals surface area (Å²) in [4.78, 5) is 16.0. The van der Waals surface area contributed by atoms with E-state index in [1.165, 1.54) is 16.0 Å². The predicted molar refractivity (Wildman–Crippen MR) is 139 cm³/mol. The van der Waals surface area contributed by atoms with E-state index in [0.717, 1.165) is 32.5 Å². The Morgan fingerprint density at radius 2 is 1.91 bits per heavy atom. The number of halogens is 1. The van der Waals surface area contributed by atoms with Gasteiger partial charge in [-0.1, -0.05) is 56.3 Å². The number of carbonyl (C=O) groups excluding carboxylic acids is 1. The monoisotopic (exact) mass is 489 g/mol. The smallest absolute Gasteiger partial charge is 0.236 e. The van der Waals surface area contributed by atoms with Crippen LogP contribution < -0.4 is 5.32 Å². The molecular weight excluding hydrogens is 450 g/mol. The first-order valence-corrected chi connectivity index (χ1v) is 11.9. The minimum absolute atomic E-state index is 0. The Morgan fingerprint density at radius 3 is 2.53 bits per heavy atom. The minimum atomic E-state index is -0.774. The fraction of sp³-hybridized carbons (Fsp3) is 0.519. The molecule has 4 unspecified atom stereocenters. The number of hydrogen-bond acceptors (Lipinski definition) is 5. The summed E-state index contributed by atoms with van der Waals surface area (Å²) >= 11 is 0. The molecule has 188 valence electrons. The first-order chi connectivity index (χ1) is 15.7. The fourth-order valence-electron chi connectivity index (χ4n) is 4.81. The number of benzene rings is 2. The molecule has 3 N–H and O–H groups in total. The minimum Gasteiger partial charge on any atom is -0.508 e. The number of carbonyl (C=O) groups is 1. The van der Waals surface area contributed by atoms with Gasteiger partial charge in [0.15, 0.2) is 0 Å². The summed E-state index contributed by atoms with van der Waals surface area (Å²) in [5.74, 6) is 0.610. The Morgan fingerprint density at radius 1 is 1.21 bits per heavy atom. The molecule has 0 bridgehead atoms. The van der Waals surface area contributed by atoms with E-state index in [1.54, 1.807) is 20.2 Å².